The van der Waals surface area contributed by atoms with Crippen molar-refractivity contribution in [1.82, 2.24) is 0 Å². The molecule has 4 saturated carbocycles. The standard InChI is InChI=1S/C53H86O21/c1-23-41(73-45-39(63)36(60)33(57)27(21-55)70-45)37(61)40(64)43(68-23)74-42-34(58)28(71-44-38(62)35(59)32(56)26(20-54)69-44)22-67-46(42)72-31-12-13-50(6)29(49(31,4)5)11-14-52(8)30(50)10-9-24-25-19-48(2,3)15-17-53(25,47(65)66)18-16-51(24,52)7/h9,23,25-46,54-64H,10-22H2,1-8H3,(H,65,66)/t23-,25-,26+,27+,28-,29-,30+,31-,32+,33+,34-,35-,36-,37-,38+,39+,40+,41-,42+,43-,44-,45-,46-,50-,51+,52+,53-/m0/s1. The van der Waals surface area contributed by atoms with Crippen LogP contribution >= 0.6 is 0 Å². The number of hydrogen-bond donors (Lipinski definition) is 12. The first-order valence-corrected chi connectivity index (χ1v) is 27.1. The summed E-state index contributed by atoms with van der Waals surface area (Å²) in [6.07, 6.45) is -20.3. The van der Waals surface area contributed by atoms with Gasteiger partial charge in [-0.2, -0.15) is 0 Å². The second-order valence-corrected chi connectivity index (χ2v) is 25.8. The van der Waals surface area contributed by atoms with Crippen LogP contribution in [0.2, 0.25) is 0 Å². The van der Waals surface area contributed by atoms with Gasteiger partial charge in [-0.15, -0.1) is 0 Å². The van der Waals surface area contributed by atoms with Gasteiger partial charge in [0.05, 0.1) is 37.4 Å². The average molecular weight is 1060 g/mol. The third kappa shape index (κ3) is 9.17. The number of carboxylic acids is 1. The molecule has 4 saturated heterocycles. The zero-order valence-electron chi connectivity index (χ0n) is 44.1. The van der Waals surface area contributed by atoms with E-state index in [0.29, 0.717) is 25.2 Å². The number of aliphatic carboxylic acids is 1. The Morgan fingerprint density at radius 2 is 1.18 bits per heavy atom. The number of hydrogen-bond acceptors (Lipinski definition) is 20. The van der Waals surface area contributed by atoms with E-state index in [1.54, 1.807) is 0 Å². The summed E-state index contributed by atoms with van der Waals surface area (Å²) in [6, 6.07) is 0. The van der Waals surface area contributed by atoms with Crippen molar-refractivity contribution in [2.24, 2.45) is 50.2 Å². The van der Waals surface area contributed by atoms with Crippen LogP contribution in [0.3, 0.4) is 0 Å². The molecule has 5 aliphatic carbocycles. The normalized spacial score (nSPS) is 54.1. The quantitative estimate of drug-likeness (QED) is 0.0971. The summed E-state index contributed by atoms with van der Waals surface area (Å²) >= 11 is 0. The number of rotatable bonds is 11. The SMILES string of the molecule is C[C@@H]1O[C@@H](O[C@H]2[C@H](O[C@H]3CC[C@]4(C)[C@H]5CC=C6[C@@H]7CC(C)(C)CC[C@]7(C(=O)O)CC[C@@]6(C)[C@]5(C)CC[C@H]4C3(C)C)OC[C@H](O[C@@H]3O[C@H](CO)[C@@H](O)[C@H](O)[C@H]3O)[C@@H]2O)[C@H](O)[C@H](O)[C@H]1O[C@@H]1O[C@H](CO)[C@@H](O)[C@H](O)[C@H]1O. The minimum absolute atomic E-state index is 0.00697. The molecule has 0 aromatic heterocycles. The van der Waals surface area contributed by atoms with Gasteiger partial charge in [-0.25, -0.2) is 0 Å². The van der Waals surface area contributed by atoms with Crippen LogP contribution < -0.4 is 0 Å². The van der Waals surface area contributed by atoms with Gasteiger partial charge in [0.1, 0.15) is 85.5 Å². The lowest BCUT2D eigenvalue weighted by molar-refractivity contribution is -0.390. The Bertz CT molecular complexity index is 2040. The first-order valence-electron chi connectivity index (χ1n) is 27.1. The van der Waals surface area contributed by atoms with Crippen molar-refractivity contribution in [3.05, 3.63) is 11.6 Å². The average Bonchev–Trinajstić information content (AvgIpc) is 3.35. The zero-order chi connectivity index (χ0) is 54.0. The molecule has 0 unspecified atom stereocenters. The van der Waals surface area contributed by atoms with Crippen molar-refractivity contribution < 1.29 is 104 Å². The molecule has 0 amide bonds. The molecular weight excluding hydrogens is 973 g/mol. The highest BCUT2D eigenvalue weighted by Crippen LogP contribution is 2.76. The maximum absolute atomic E-state index is 13.2. The molecule has 74 heavy (non-hydrogen) atoms. The molecule has 424 valence electrons. The van der Waals surface area contributed by atoms with E-state index in [0.717, 1.165) is 44.9 Å². The minimum Gasteiger partial charge on any atom is -0.481 e. The van der Waals surface area contributed by atoms with Gasteiger partial charge in [0.25, 0.3) is 0 Å². The summed E-state index contributed by atoms with van der Waals surface area (Å²) in [5.74, 6) is -0.206. The van der Waals surface area contributed by atoms with Gasteiger partial charge in [-0.05, 0) is 116 Å². The van der Waals surface area contributed by atoms with Gasteiger partial charge < -0.3 is 99.2 Å². The Hall–Kier alpha value is -1.55. The fraction of sp³-hybridized carbons (Fsp3) is 0.943. The molecule has 8 fully saturated rings. The van der Waals surface area contributed by atoms with E-state index >= 15 is 0 Å². The lowest BCUT2D eigenvalue weighted by Crippen LogP contribution is -2.67. The van der Waals surface area contributed by atoms with Crippen LogP contribution in [0, 0.1) is 50.2 Å². The van der Waals surface area contributed by atoms with Crippen LogP contribution in [-0.4, -0.2) is 210 Å². The summed E-state index contributed by atoms with van der Waals surface area (Å²) in [5.41, 5.74) is -0.220. The Kier molecular flexibility index (Phi) is 15.8. The summed E-state index contributed by atoms with van der Waals surface area (Å²) in [4.78, 5) is 13.2. The fourth-order valence-corrected chi connectivity index (χ4v) is 16.3. The highest BCUT2D eigenvalue weighted by atomic mass is 16.8. The monoisotopic (exact) mass is 1060 g/mol. The molecule has 9 rings (SSSR count). The lowest BCUT2D eigenvalue weighted by atomic mass is 9.33. The van der Waals surface area contributed by atoms with Crippen LogP contribution in [0.25, 0.3) is 0 Å². The predicted molar refractivity (Wildman–Crippen MR) is 256 cm³/mol. The maximum atomic E-state index is 13.2. The van der Waals surface area contributed by atoms with Gasteiger partial charge in [0, 0.05) is 0 Å². The molecular formula is C53H86O21. The number of carbonyl (C=O) groups is 1. The molecule has 21 heteroatoms. The van der Waals surface area contributed by atoms with E-state index in [1.807, 2.05) is 0 Å². The van der Waals surface area contributed by atoms with Crippen LogP contribution in [0.1, 0.15) is 120 Å². The zero-order valence-corrected chi connectivity index (χ0v) is 44.1. The van der Waals surface area contributed by atoms with E-state index in [-0.39, 0.29) is 40.1 Å². The molecule has 27 atom stereocenters. The van der Waals surface area contributed by atoms with Crippen LogP contribution in [0.4, 0.5) is 0 Å². The van der Waals surface area contributed by atoms with E-state index in [9.17, 15) is 66.1 Å². The molecule has 0 bridgehead atoms. The number of fused-ring (bicyclic) bond motifs is 7. The third-order valence-electron chi connectivity index (χ3n) is 21.1. The predicted octanol–water partition coefficient (Wildman–Crippen LogP) is 0.197. The van der Waals surface area contributed by atoms with Gasteiger partial charge in [0.15, 0.2) is 25.2 Å². The molecule has 4 heterocycles. The van der Waals surface area contributed by atoms with E-state index in [1.165, 1.54) is 12.5 Å². The molecule has 21 nitrogen and oxygen atoms in total. The largest absolute Gasteiger partial charge is 0.481 e. The van der Waals surface area contributed by atoms with Crippen molar-refractivity contribution in [2.75, 3.05) is 19.8 Å². The second kappa shape index (κ2) is 20.5. The van der Waals surface area contributed by atoms with E-state index in [4.69, 9.17) is 37.9 Å². The van der Waals surface area contributed by atoms with Crippen LogP contribution in [-0.2, 0) is 42.7 Å². The highest BCUT2D eigenvalue weighted by molar-refractivity contribution is 5.76. The summed E-state index contributed by atoms with van der Waals surface area (Å²) in [6.45, 7) is 15.9. The van der Waals surface area contributed by atoms with Gasteiger partial charge in [0.2, 0.25) is 0 Å². The first kappa shape index (κ1) is 57.1. The third-order valence-corrected chi connectivity index (χ3v) is 21.1. The number of aliphatic hydroxyl groups excluding tert-OH is 11. The van der Waals surface area contributed by atoms with Gasteiger partial charge in [-0.3, -0.25) is 4.79 Å². The second-order valence-electron chi connectivity index (χ2n) is 25.8. The number of carboxylic acid groups (broad SMARTS) is 1. The number of ether oxygens (including phenoxy) is 8. The van der Waals surface area contributed by atoms with Crippen molar-refractivity contribution in [2.45, 2.75) is 242 Å². The molecule has 0 aromatic rings. The molecule has 9 aliphatic rings. The van der Waals surface area contributed by atoms with Crippen molar-refractivity contribution >= 4 is 5.97 Å². The van der Waals surface area contributed by atoms with Gasteiger partial charge >= 0.3 is 5.97 Å². The molecule has 0 spiro atoms. The highest BCUT2D eigenvalue weighted by Gasteiger charge is 2.70. The Balaban J connectivity index is 0.952. The molecule has 0 aromatic carbocycles. The van der Waals surface area contributed by atoms with Crippen molar-refractivity contribution in [3.8, 4) is 0 Å². The molecule has 4 aliphatic heterocycles. The van der Waals surface area contributed by atoms with Crippen molar-refractivity contribution in [1.29, 1.82) is 0 Å². The Morgan fingerprint density at radius 1 is 0.608 bits per heavy atom. The van der Waals surface area contributed by atoms with Gasteiger partial charge in [-0.1, -0.05) is 60.1 Å². The maximum Gasteiger partial charge on any atom is 0.310 e. The first-order chi connectivity index (χ1) is 34.6. The number of allylic oxidation sites excluding steroid dienone is 2. The fourth-order valence-electron chi connectivity index (χ4n) is 16.3. The topological polar surface area (TPSA) is 334 Å². The summed E-state index contributed by atoms with van der Waals surface area (Å²) in [5, 5.41) is 129. The summed E-state index contributed by atoms with van der Waals surface area (Å²) < 4.78 is 48.7. The van der Waals surface area contributed by atoms with E-state index < -0.39 is 153 Å². The lowest BCUT2D eigenvalue weighted by Gasteiger charge is -2.71. The van der Waals surface area contributed by atoms with Crippen LogP contribution in [0.15, 0.2) is 11.6 Å². The smallest absolute Gasteiger partial charge is 0.310 e. The number of aliphatic hydroxyl groups is 11. The Labute approximate surface area is 433 Å². The minimum atomic E-state index is -1.90. The Morgan fingerprint density at radius 3 is 1.78 bits per heavy atom. The van der Waals surface area contributed by atoms with Crippen LogP contribution in [0.5, 0.6) is 0 Å². The molecule has 0 radical (unpaired) electrons. The van der Waals surface area contributed by atoms with E-state index in [2.05, 4.69) is 54.5 Å². The van der Waals surface area contributed by atoms with Crippen molar-refractivity contribution in [3.63, 3.8) is 0 Å². The summed E-state index contributed by atoms with van der Waals surface area (Å²) in [7, 11) is 0. The molecule has 12 N–H and O–H groups in total.